The fourth-order valence-electron chi connectivity index (χ4n) is 0.688. The maximum absolute atomic E-state index is 11.3. The maximum Gasteiger partial charge on any atom is 0.322 e. The number of carbonyl (C=O) groups is 2. The molecule has 0 saturated heterocycles. The molecule has 2 radical (unpaired) electrons. The van der Waals surface area contributed by atoms with E-state index in [1.54, 1.807) is 27.7 Å². The normalized spacial score (nSPS) is 13.9. The molecule has 0 aromatic carbocycles. The van der Waals surface area contributed by atoms with Gasteiger partial charge >= 0.3 is 5.97 Å². The van der Waals surface area contributed by atoms with Gasteiger partial charge in [0.05, 0.1) is 10.9 Å². The van der Waals surface area contributed by atoms with Gasteiger partial charge in [-0.1, -0.05) is 45.7 Å². The highest BCUT2D eigenvalue weighted by Crippen LogP contribution is 2.22. The van der Waals surface area contributed by atoms with E-state index in [0.717, 1.165) is 16.9 Å². The van der Waals surface area contributed by atoms with Crippen molar-refractivity contribution in [3.8, 4) is 0 Å². The van der Waals surface area contributed by atoms with Gasteiger partial charge in [-0.05, 0) is 49.3 Å². The number of esters is 1. The first-order chi connectivity index (χ1) is 12.1. The Labute approximate surface area is 221 Å². The van der Waals surface area contributed by atoms with Crippen LogP contribution in [0.3, 0.4) is 0 Å². The molecule has 4 atom stereocenters. The van der Waals surface area contributed by atoms with Gasteiger partial charge < -0.3 is 9.84 Å². The Morgan fingerprint density at radius 1 is 1.04 bits per heavy atom. The van der Waals surface area contributed by atoms with E-state index in [4.69, 9.17) is 9.84 Å². The molecule has 0 rings (SSSR count). The molecule has 158 valence electrons. The van der Waals surface area contributed by atoms with Gasteiger partial charge in [-0.25, -0.2) is 0 Å². The molecule has 0 aromatic heterocycles. The van der Waals surface area contributed by atoms with Crippen LogP contribution in [-0.2, 0) is 14.3 Å². The molecular formula is C14H27B2Br3I2O4P2. The summed E-state index contributed by atoms with van der Waals surface area (Å²) >= 11 is 13.6. The van der Waals surface area contributed by atoms with E-state index >= 15 is 0 Å². The molecule has 4 nitrogen and oxygen atoms in total. The number of hydrogen-bond donors (Lipinski definition) is 1. The highest BCUT2D eigenvalue weighted by molar-refractivity contribution is 14.1. The number of carbonyl (C=O) groups excluding carboxylic acids is 2. The molecular weight excluding hydrogens is 809 g/mol. The van der Waals surface area contributed by atoms with Gasteiger partial charge in [-0.2, -0.15) is 44.7 Å². The first kappa shape index (κ1) is 34.6. The van der Waals surface area contributed by atoms with Crippen molar-refractivity contribution in [1.29, 1.82) is 0 Å². The third-order valence-electron chi connectivity index (χ3n) is 2.39. The lowest BCUT2D eigenvalue weighted by Gasteiger charge is -2.17. The number of aliphatic hydroxyl groups excluding tert-OH is 1. The predicted molar refractivity (Wildman–Crippen MR) is 153 cm³/mol. The van der Waals surface area contributed by atoms with Crippen LogP contribution in [0.4, 0.5) is 0 Å². The average Bonchev–Trinajstić information content (AvgIpc) is 2.52. The van der Waals surface area contributed by atoms with E-state index in [1.165, 1.54) is 0 Å². The largest absolute Gasteiger partial charge is 0.464 e. The van der Waals surface area contributed by atoms with E-state index in [2.05, 4.69) is 109 Å². The van der Waals surface area contributed by atoms with E-state index in [0.29, 0.717) is 24.5 Å². The van der Waals surface area contributed by atoms with Crippen molar-refractivity contribution in [2.75, 3.05) is 13.2 Å². The summed E-state index contributed by atoms with van der Waals surface area (Å²) in [5, 5.41) is 8.45. The summed E-state index contributed by atoms with van der Waals surface area (Å²) in [5.74, 6) is -0.197. The second-order valence-corrected chi connectivity index (χ2v) is 17.8. The van der Waals surface area contributed by atoms with Crippen molar-refractivity contribution >= 4 is 130 Å². The lowest BCUT2D eigenvalue weighted by molar-refractivity contribution is -0.145. The van der Waals surface area contributed by atoms with Crippen molar-refractivity contribution in [3.63, 3.8) is 0 Å². The van der Waals surface area contributed by atoms with E-state index in [-0.39, 0.29) is 10.7 Å². The highest BCUT2D eigenvalue weighted by Gasteiger charge is 2.25. The molecule has 0 bridgehead atoms. The number of halogens is 5. The van der Waals surface area contributed by atoms with Gasteiger partial charge in [0.1, 0.15) is 4.32 Å². The molecule has 1 N–H and O–H groups in total. The molecule has 0 heterocycles. The Kier molecular flexibility index (Phi) is 25.2. The molecule has 27 heavy (non-hydrogen) atoms. The fourth-order valence-corrected chi connectivity index (χ4v) is 5.20. The molecule has 0 saturated carbocycles. The first-order valence-electron chi connectivity index (χ1n) is 7.85. The van der Waals surface area contributed by atoms with Gasteiger partial charge in [0.25, 0.3) is 0 Å². The summed E-state index contributed by atoms with van der Waals surface area (Å²) in [6.07, 6.45) is 0. The summed E-state index contributed by atoms with van der Waals surface area (Å²) in [4.78, 5) is 25.8. The van der Waals surface area contributed by atoms with Gasteiger partial charge in [0, 0.05) is 12.3 Å². The Morgan fingerprint density at radius 2 is 1.41 bits per heavy atom. The number of rotatable bonds is 9. The number of aliphatic hydroxyl groups is 1. The van der Waals surface area contributed by atoms with Crippen LogP contribution in [-0.4, -0.2) is 58.7 Å². The molecule has 0 aromatic rings. The minimum Gasteiger partial charge on any atom is -0.464 e. The van der Waals surface area contributed by atoms with Crippen molar-refractivity contribution < 1.29 is 19.4 Å². The maximum atomic E-state index is 11.3. The Balaban J connectivity index is -0.000000350. The Bertz CT molecular complexity index is 415. The van der Waals surface area contributed by atoms with Crippen molar-refractivity contribution in [1.82, 2.24) is 0 Å². The minimum absolute atomic E-state index is 0.0278. The molecule has 0 amide bonds. The highest BCUT2D eigenvalue weighted by atomic mass is 127. The quantitative estimate of drug-likeness (QED) is 0.0794. The monoisotopic (exact) mass is 834 g/mol. The topological polar surface area (TPSA) is 63.6 Å². The molecule has 0 aliphatic carbocycles. The zero-order valence-electron chi connectivity index (χ0n) is 16.3. The summed E-state index contributed by atoms with van der Waals surface area (Å²) in [6, 6.07) is 0. The van der Waals surface area contributed by atoms with Crippen molar-refractivity contribution in [2.24, 2.45) is 0 Å². The van der Waals surface area contributed by atoms with Crippen LogP contribution < -0.4 is 0 Å². The molecule has 0 spiro atoms. The van der Waals surface area contributed by atoms with E-state index < -0.39 is 8.65 Å². The Hall–Kier alpha value is 2.99. The van der Waals surface area contributed by atoms with Gasteiger partial charge in [0.2, 0.25) is 14.4 Å². The number of hydrogen-bond acceptors (Lipinski definition) is 4. The molecule has 0 fully saturated rings. The molecule has 0 aliphatic heterocycles. The smallest absolute Gasteiger partial charge is 0.322 e. The second-order valence-electron chi connectivity index (χ2n) is 6.35. The van der Waals surface area contributed by atoms with Crippen molar-refractivity contribution in [2.45, 2.75) is 61.5 Å². The number of alkyl halides is 2. The third kappa shape index (κ3) is 27.0. The first-order valence-corrected chi connectivity index (χ1v) is 15.0. The van der Waals surface area contributed by atoms with Gasteiger partial charge in [0.15, 0.2) is 0 Å². The van der Waals surface area contributed by atoms with Gasteiger partial charge in [-0.15, -0.1) is 16.9 Å². The van der Waals surface area contributed by atoms with Crippen LogP contribution in [0.5, 0.6) is 0 Å². The zero-order valence-corrected chi connectivity index (χ0v) is 27.4. The van der Waals surface area contributed by atoms with Crippen LogP contribution in [0.2, 0.25) is 0 Å². The molecule has 13 heteroatoms. The van der Waals surface area contributed by atoms with E-state index in [1.807, 2.05) is 6.92 Å². The van der Waals surface area contributed by atoms with Gasteiger partial charge in [-0.3, -0.25) is 9.59 Å². The summed E-state index contributed by atoms with van der Waals surface area (Å²) in [6.45, 7) is 12.1. The van der Waals surface area contributed by atoms with Crippen LogP contribution in [0.25, 0.3) is 0 Å². The van der Waals surface area contributed by atoms with Crippen molar-refractivity contribution in [3.05, 3.63) is 0 Å². The third-order valence-corrected chi connectivity index (χ3v) is 8.49. The van der Waals surface area contributed by atoms with Crippen LogP contribution in [0, 0.1) is 0 Å². The molecule has 4 unspecified atom stereocenters. The van der Waals surface area contributed by atoms with Crippen LogP contribution >= 0.6 is 109 Å². The lowest BCUT2D eigenvalue weighted by atomic mass is 10.2. The predicted octanol–water partition coefficient (Wildman–Crippen LogP) is 5.84. The Morgan fingerprint density at radius 3 is 1.63 bits per heavy atom. The standard InChI is InChI=1S/C7H13BBrIO2P.C4H6Br2O.C3H8BIOP/c1-5(13-8-10)4-12-6(11)7(2,3)9;1-4(2,6)3(5)7;1-3(2-6)7-4-5/h5,13H,4H2,1-3H3;1-2H3;3,6-7H,2H2,1H3. The fraction of sp³-hybridized carbons (Fsp3) is 0.857. The lowest BCUT2D eigenvalue weighted by Crippen LogP contribution is -2.28. The minimum atomic E-state index is -0.566. The second kappa shape index (κ2) is 19.7. The SMILES string of the molecule is CC(C)(Br)C(=O)Br.CC(CO)P[B]I.CC(COC(=O)C(C)(C)Br)P[B]I. The van der Waals surface area contributed by atoms with E-state index in [9.17, 15) is 9.59 Å². The summed E-state index contributed by atoms with van der Waals surface area (Å²) < 4.78 is 4.12. The summed E-state index contributed by atoms with van der Waals surface area (Å²) in [7, 11) is 1.54. The van der Waals surface area contributed by atoms with Crippen LogP contribution in [0.1, 0.15) is 41.5 Å². The number of ether oxygens (including phenoxy) is 1. The van der Waals surface area contributed by atoms with Crippen LogP contribution in [0.15, 0.2) is 0 Å². The molecule has 0 aliphatic rings. The zero-order chi connectivity index (χ0) is 22.3. The summed E-state index contributed by atoms with van der Waals surface area (Å²) in [5.41, 5.74) is 0.896. The average molecular weight is 836 g/mol.